The molecule has 3 amide bonds. The van der Waals surface area contributed by atoms with Gasteiger partial charge in [-0.25, -0.2) is 4.39 Å². The van der Waals surface area contributed by atoms with Crippen LogP contribution in [0.5, 0.6) is 0 Å². The van der Waals surface area contributed by atoms with Crippen LogP contribution in [-0.2, 0) is 19.1 Å². The Hall–Kier alpha value is -3.33. The van der Waals surface area contributed by atoms with Crippen LogP contribution in [0.15, 0.2) is 54.3 Å². The fourth-order valence-electron chi connectivity index (χ4n) is 3.22. The second-order valence-electron chi connectivity index (χ2n) is 9.21. The summed E-state index contributed by atoms with van der Waals surface area (Å²) in [7, 11) is 0. The number of ether oxygens (including phenoxy) is 1. The summed E-state index contributed by atoms with van der Waals surface area (Å²) in [4.78, 5) is 49.8. The van der Waals surface area contributed by atoms with E-state index in [4.69, 9.17) is 4.74 Å². The lowest BCUT2D eigenvalue weighted by molar-refractivity contribution is -0.155. The van der Waals surface area contributed by atoms with Crippen LogP contribution < -0.4 is 5.32 Å². The van der Waals surface area contributed by atoms with Gasteiger partial charge in [-0.15, -0.1) is 0 Å². The van der Waals surface area contributed by atoms with Crippen molar-refractivity contribution < 1.29 is 33.4 Å². The van der Waals surface area contributed by atoms with Crippen molar-refractivity contribution in [3.8, 4) is 0 Å². The van der Waals surface area contributed by atoms with Gasteiger partial charge < -0.3 is 14.7 Å². The number of hydrogen-bond acceptors (Lipinski definition) is 6. The molecule has 0 spiro atoms. The summed E-state index contributed by atoms with van der Waals surface area (Å²) in [5, 5.41) is 12.7. The molecule has 2 rings (SSSR count). The van der Waals surface area contributed by atoms with E-state index >= 15 is 4.39 Å². The molecule has 2 N–H and O–H groups in total. The van der Waals surface area contributed by atoms with E-state index in [0.717, 1.165) is 11.1 Å². The Bertz CT molecular complexity index is 983. The minimum Gasteiger partial charge on any atom is -0.465 e. The van der Waals surface area contributed by atoms with E-state index in [9.17, 15) is 24.3 Å². The molecule has 8 nitrogen and oxygen atoms in total. The smallest absolute Gasteiger partial charge is 0.311 e. The molecule has 1 aromatic carbocycles. The number of esters is 1. The van der Waals surface area contributed by atoms with Gasteiger partial charge in [0.1, 0.15) is 6.61 Å². The predicted octanol–water partition coefficient (Wildman–Crippen LogP) is 2.54. The number of rotatable bonds is 6. The van der Waals surface area contributed by atoms with E-state index in [1.165, 1.54) is 26.0 Å². The van der Waals surface area contributed by atoms with Crippen molar-refractivity contribution in [1.82, 2.24) is 10.2 Å². The quantitative estimate of drug-likeness (QED) is 0.372. The molecule has 34 heavy (non-hydrogen) atoms. The van der Waals surface area contributed by atoms with E-state index in [1.54, 1.807) is 51.1 Å². The van der Waals surface area contributed by atoms with Crippen LogP contribution >= 0.6 is 0 Å². The summed E-state index contributed by atoms with van der Waals surface area (Å²) in [6.45, 7) is 7.41. The Morgan fingerprint density at radius 3 is 2.29 bits per heavy atom. The van der Waals surface area contributed by atoms with Crippen LogP contribution in [0.2, 0.25) is 0 Å². The van der Waals surface area contributed by atoms with Gasteiger partial charge in [0, 0.05) is 30.2 Å². The Labute approximate surface area is 198 Å². The monoisotopic (exact) mass is 474 g/mol. The third-order valence-electron chi connectivity index (χ3n) is 5.30. The highest BCUT2D eigenvalue weighted by atomic mass is 19.1. The number of nitrogens with zero attached hydrogens (tertiary/aromatic N) is 1. The van der Waals surface area contributed by atoms with E-state index in [-0.39, 0.29) is 17.7 Å². The number of halogens is 1. The van der Waals surface area contributed by atoms with E-state index in [2.05, 4.69) is 5.32 Å². The number of carbonyl (C=O) groups is 4. The number of hydrogen-bond donors (Lipinski definition) is 2. The number of nitrogens with one attached hydrogen (secondary N) is 1. The molecule has 0 saturated heterocycles. The number of imide groups is 1. The first-order valence-electron chi connectivity index (χ1n) is 10.9. The van der Waals surface area contributed by atoms with Gasteiger partial charge in [0.25, 0.3) is 11.8 Å². The van der Waals surface area contributed by atoms with Gasteiger partial charge in [0.15, 0.2) is 6.17 Å². The van der Waals surface area contributed by atoms with Crippen molar-refractivity contribution >= 4 is 23.7 Å². The normalized spacial score (nSPS) is 22.6. The van der Waals surface area contributed by atoms with Crippen LogP contribution in [0.1, 0.15) is 45.0 Å². The topological polar surface area (TPSA) is 113 Å². The zero-order valence-corrected chi connectivity index (χ0v) is 19.9. The summed E-state index contributed by atoms with van der Waals surface area (Å²) in [6, 6.07) is 6.93. The summed E-state index contributed by atoms with van der Waals surface area (Å²) in [6.07, 6.45) is 0.589. The van der Waals surface area contributed by atoms with Gasteiger partial charge in [-0.2, -0.15) is 0 Å². The predicted molar refractivity (Wildman–Crippen MR) is 123 cm³/mol. The Kier molecular flexibility index (Phi) is 8.86. The van der Waals surface area contributed by atoms with Crippen LogP contribution in [0, 0.1) is 11.3 Å². The first-order valence-corrected chi connectivity index (χ1v) is 10.9. The van der Waals surface area contributed by atoms with E-state index < -0.39 is 53.3 Å². The Balaban J connectivity index is 2.13. The molecule has 0 radical (unpaired) electrons. The van der Waals surface area contributed by atoms with Crippen LogP contribution in [0.3, 0.4) is 0 Å². The molecule has 0 bridgehead atoms. The molecule has 1 aromatic rings. The molecule has 0 saturated carbocycles. The number of aliphatic hydroxyl groups is 1. The molecule has 0 fully saturated rings. The van der Waals surface area contributed by atoms with Gasteiger partial charge in [0.05, 0.1) is 17.6 Å². The van der Waals surface area contributed by atoms with Crippen molar-refractivity contribution in [1.29, 1.82) is 0 Å². The van der Waals surface area contributed by atoms with E-state index in [0.29, 0.717) is 0 Å². The fraction of sp³-hybridized carbons (Fsp3) is 0.440. The number of aliphatic hydroxyl groups excluding tert-OH is 1. The molecule has 0 heterocycles. The standard InChI is InChI=1S/C25H31FN2O6/c1-15(22(31)27-23(32)17-9-7-6-8-10-17)13-28(16(2)29)19-12-11-18(21(30)20(19)26)14-34-24(33)25(3,4)5/h6-13,18-21,30H,14H2,1-5H3,(H,27,31,32)/b15-13-/t18-,19-,20+,21-/m1/s1. The fourth-order valence-corrected chi connectivity index (χ4v) is 3.22. The van der Waals surface area contributed by atoms with Gasteiger partial charge in [-0.05, 0) is 39.8 Å². The highest BCUT2D eigenvalue weighted by Crippen LogP contribution is 2.27. The highest BCUT2D eigenvalue weighted by molar-refractivity contribution is 6.09. The van der Waals surface area contributed by atoms with Crippen molar-refractivity contribution in [3.05, 3.63) is 59.8 Å². The maximum absolute atomic E-state index is 15.1. The third kappa shape index (κ3) is 6.84. The van der Waals surface area contributed by atoms with E-state index in [1.807, 2.05) is 0 Å². The van der Waals surface area contributed by atoms with Gasteiger partial charge in [-0.3, -0.25) is 24.5 Å². The van der Waals surface area contributed by atoms with Crippen molar-refractivity contribution in [2.24, 2.45) is 11.3 Å². The molecule has 9 heteroatoms. The molecule has 0 aliphatic heterocycles. The highest BCUT2D eigenvalue weighted by Gasteiger charge is 2.40. The third-order valence-corrected chi connectivity index (χ3v) is 5.30. The molecule has 0 unspecified atom stereocenters. The summed E-state index contributed by atoms with van der Waals surface area (Å²) in [5.74, 6) is -3.20. The average molecular weight is 475 g/mol. The van der Waals surface area contributed by atoms with Gasteiger partial charge >= 0.3 is 5.97 Å². The molecular weight excluding hydrogens is 443 g/mol. The summed E-state index contributed by atoms with van der Waals surface area (Å²) >= 11 is 0. The second kappa shape index (κ2) is 11.2. The Morgan fingerprint density at radius 2 is 1.74 bits per heavy atom. The van der Waals surface area contributed by atoms with Crippen LogP contribution in [0.25, 0.3) is 0 Å². The van der Waals surface area contributed by atoms with Gasteiger partial charge in [-0.1, -0.05) is 30.4 Å². The minimum absolute atomic E-state index is 0.00389. The SMILES string of the molecule is CC(=O)N(/C=C(/C)C(=O)NC(=O)c1ccccc1)[C@@H]1C=C[C@H](COC(=O)C(C)(C)C)[C@@H](O)[C@H]1F. The lowest BCUT2D eigenvalue weighted by Crippen LogP contribution is -2.50. The average Bonchev–Trinajstić information content (AvgIpc) is 2.78. The number of carbonyl (C=O) groups excluding carboxylic acids is 4. The number of benzene rings is 1. The molecule has 4 atom stereocenters. The lowest BCUT2D eigenvalue weighted by atomic mass is 9.87. The number of alkyl halides is 1. The van der Waals surface area contributed by atoms with Crippen molar-refractivity contribution in [2.45, 2.75) is 52.9 Å². The zero-order chi connectivity index (χ0) is 25.6. The molecule has 184 valence electrons. The first kappa shape index (κ1) is 26.9. The lowest BCUT2D eigenvalue weighted by Gasteiger charge is -2.36. The molecule has 1 aliphatic rings. The zero-order valence-electron chi connectivity index (χ0n) is 19.9. The first-order chi connectivity index (χ1) is 15.8. The number of amides is 3. The Morgan fingerprint density at radius 1 is 1.12 bits per heavy atom. The molecule has 1 aliphatic carbocycles. The van der Waals surface area contributed by atoms with Crippen molar-refractivity contribution in [3.63, 3.8) is 0 Å². The maximum Gasteiger partial charge on any atom is 0.311 e. The van der Waals surface area contributed by atoms with Crippen molar-refractivity contribution in [2.75, 3.05) is 6.61 Å². The minimum atomic E-state index is -1.90. The summed E-state index contributed by atoms with van der Waals surface area (Å²) < 4.78 is 20.3. The second-order valence-corrected chi connectivity index (χ2v) is 9.21. The molecule has 0 aromatic heterocycles. The van der Waals surface area contributed by atoms with Gasteiger partial charge in [0.2, 0.25) is 5.91 Å². The summed E-state index contributed by atoms with van der Waals surface area (Å²) in [5.41, 5.74) is -0.458. The van der Waals surface area contributed by atoms with Crippen LogP contribution in [0.4, 0.5) is 4.39 Å². The maximum atomic E-state index is 15.1. The van der Waals surface area contributed by atoms with Crippen LogP contribution in [-0.4, -0.2) is 58.6 Å². The molecular formula is C25H31FN2O6. The largest absolute Gasteiger partial charge is 0.465 e.